The van der Waals surface area contributed by atoms with Crippen LogP contribution in [0.4, 0.5) is 0 Å². The first-order chi connectivity index (χ1) is 8.95. The molecule has 3 rings (SSSR count). The number of hydrogen-bond acceptors (Lipinski definition) is 3. The normalized spacial score (nSPS) is 22.9. The molecule has 1 aliphatic heterocycles. The zero-order valence-corrected chi connectivity index (χ0v) is 14.2. The van der Waals surface area contributed by atoms with Crippen molar-refractivity contribution >= 4 is 21.6 Å². The fourth-order valence-corrected chi connectivity index (χ4v) is 4.11. The van der Waals surface area contributed by atoms with E-state index in [1.807, 2.05) is 0 Å². The molecule has 20 heavy (non-hydrogen) atoms. The van der Waals surface area contributed by atoms with Crippen LogP contribution in [0.15, 0.2) is 53.4 Å². The van der Waals surface area contributed by atoms with Crippen LogP contribution < -0.4 is 29.6 Å². The van der Waals surface area contributed by atoms with Crippen LogP contribution in [0.5, 0.6) is 0 Å². The monoisotopic (exact) mass is 317 g/mol. The number of fused-ring (bicyclic) bond motifs is 1. The fourth-order valence-electron chi connectivity index (χ4n) is 2.19. The van der Waals surface area contributed by atoms with E-state index in [0.717, 1.165) is 0 Å². The molecular formula is C13H9ClNNaO3S. The summed E-state index contributed by atoms with van der Waals surface area (Å²) >= 11 is 5.92. The number of benzene rings is 2. The number of rotatable bonds is 1. The van der Waals surface area contributed by atoms with Gasteiger partial charge in [-0.1, -0.05) is 54.1 Å². The van der Waals surface area contributed by atoms with Gasteiger partial charge in [0.2, 0.25) is 0 Å². The van der Waals surface area contributed by atoms with Crippen LogP contribution >= 0.6 is 11.6 Å². The summed E-state index contributed by atoms with van der Waals surface area (Å²) in [6.07, 6.45) is 0. The summed E-state index contributed by atoms with van der Waals surface area (Å²) in [5.41, 5.74) is -1.33. The molecule has 4 nitrogen and oxygen atoms in total. The largest absolute Gasteiger partial charge is 1.00 e. The van der Waals surface area contributed by atoms with E-state index in [-0.39, 0.29) is 45.0 Å². The smallest absolute Gasteiger partial charge is 0.508 e. The van der Waals surface area contributed by atoms with Gasteiger partial charge < -0.3 is 9.83 Å². The average molecular weight is 318 g/mol. The molecular weight excluding hydrogens is 309 g/mol. The van der Waals surface area contributed by atoms with E-state index in [1.165, 1.54) is 12.1 Å². The molecule has 0 spiro atoms. The quantitative estimate of drug-likeness (QED) is 0.729. The van der Waals surface area contributed by atoms with Crippen LogP contribution in [-0.4, -0.2) is 13.5 Å². The molecule has 2 aromatic rings. The summed E-state index contributed by atoms with van der Waals surface area (Å²) in [5.74, 6) is 0. The minimum atomic E-state index is -3.95. The van der Waals surface area contributed by atoms with Gasteiger partial charge in [-0.05, 0) is 17.2 Å². The molecule has 1 atom stereocenters. The Labute approximate surface area is 144 Å². The topological polar surface area (TPSA) is 68.5 Å². The zero-order valence-electron chi connectivity index (χ0n) is 10.6. The third-order valence-electron chi connectivity index (χ3n) is 3.03. The maximum Gasteiger partial charge on any atom is 1.00 e. The Morgan fingerprint density at radius 3 is 2.35 bits per heavy atom. The van der Waals surface area contributed by atoms with Crippen molar-refractivity contribution in [3.05, 3.63) is 69.4 Å². The predicted octanol–water partition coefficient (Wildman–Crippen LogP) is -0.387. The third-order valence-corrected chi connectivity index (χ3v) is 4.92. The third kappa shape index (κ3) is 2.33. The van der Waals surface area contributed by atoms with Crippen molar-refractivity contribution in [2.24, 2.45) is 0 Å². The summed E-state index contributed by atoms with van der Waals surface area (Å²) in [5, 5.41) is 10.7. The molecule has 0 aliphatic carbocycles. The Kier molecular flexibility index (Phi) is 4.33. The van der Waals surface area contributed by atoms with Crippen molar-refractivity contribution in [1.82, 2.24) is 0 Å². The van der Waals surface area contributed by atoms with Gasteiger partial charge in [0.15, 0.2) is 0 Å². The van der Waals surface area contributed by atoms with Crippen molar-refractivity contribution in [1.29, 1.82) is 0 Å². The second-order valence-corrected chi connectivity index (χ2v) is 6.17. The number of hydrogen-bond donors (Lipinski definition) is 1. The van der Waals surface area contributed by atoms with Gasteiger partial charge in [0.05, 0.1) is 9.92 Å². The number of sulfonamides is 1. The second-order valence-electron chi connectivity index (χ2n) is 4.22. The molecule has 0 bridgehead atoms. The van der Waals surface area contributed by atoms with Crippen molar-refractivity contribution in [3.63, 3.8) is 0 Å². The molecule has 1 unspecified atom stereocenters. The van der Waals surface area contributed by atoms with Crippen molar-refractivity contribution < 1.29 is 43.1 Å². The maximum atomic E-state index is 12.1. The molecule has 98 valence electrons. The summed E-state index contributed by atoms with van der Waals surface area (Å²) in [6, 6.07) is 13.0. The Hall–Kier alpha value is -0.400. The number of nitrogens with zero attached hydrogens (tertiary/aromatic N) is 1. The Balaban J connectivity index is 0.00000147. The van der Waals surface area contributed by atoms with Gasteiger partial charge >= 0.3 is 29.6 Å². The molecule has 0 aromatic heterocycles. The Morgan fingerprint density at radius 1 is 1.05 bits per heavy atom. The van der Waals surface area contributed by atoms with E-state index in [2.05, 4.69) is 4.72 Å². The average Bonchev–Trinajstić information content (AvgIpc) is 2.60. The summed E-state index contributed by atoms with van der Waals surface area (Å²) in [4.78, 5) is -0.122. The maximum absolute atomic E-state index is 12.1. The molecule has 0 fully saturated rings. The second kappa shape index (κ2) is 5.42. The van der Waals surface area contributed by atoms with Crippen molar-refractivity contribution in [3.8, 4) is 0 Å². The van der Waals surface area contributed by atoms with E-state index in [4.69, 9.17) is 11.6 Å². The summed E-state index contributed by atoms with van der Waals surface area (Å²) in [7, 11) is -3.95. The van der Waals surface area contributed by atoms with Gasteiger partial charge in [-0.15, -0.1) is 0 Å². The summed E-state index contributed by atoms with van der Waals surface area (Å²) in [6.45, 7) is 0. The van der Waals surface area contributed by atoms with Gasteiger partial charge in [0, 0.05) is 5.72 Å². The van der Waals surface area contributed by atoms with E-state index in [9.17, 15) is 13.5 Å². The van der Waals surface area contributed by atoms with Crippen molar-refractivity contribution in [2.45, 2.75) is 10.6 Å². The van der Waals surface area contributed by atoms with Gasteiger partial charge in [-0.25, -0.2) is 8.42 Å². The molecule has 0 amide bonds. The van der Waals surface area contributed by atoms with E-state index >= 15 is 0 Å². The molecule has 1 heterocycles. The first-order valence-electron chi connectivity index (χ1n) is 5.51. The van der Waals surface area contributed by atoms with Crippen LogP contribution in [0.3, 0.4) is 0 Å². The van der Waals surface area contributed by atoms with Crippen LogP contribution in [0, 0.1) is 0 Å². The first-order valence-corrected chi connectivity index (χ1v) is 7.33. The molecule has 0 saturated heterocycles. The first kappa shape index (κ1) is 16.0. The van der Waals surface area contributed by atoms with E-state index < -0.39 is 15.7 Å². The van der Waals surface area contributed by atoms with Crippen molar-refractivity contribution in [2.75, 3.05) is 0 Å². The standard InChI is InChI=1S/C13H9ClNO3S.Na/c14-11-8-4-7-10-12(11)19(17,18)15-13(10,16)9-5-2-1-3-6-9;/h1-8,16H;/q-1;+1. The number of halogens is 1. The minimum Gasteiger partial charge on any atom is -0.508 e. The van der Waals surface area contributed by atoms with Crippen LogP contribution in [0.2, 0.25) is 5.02 Å². The van der Waals surface area contributed by atoms with E-state index in [1.54, 1.807) is 36.4 Å². The molecule has 2 aromatic carbocycles. The van der Waals surface area contributed by atoms with Crippen LogP contribution in [0.1, 0.15) is 11.1 Å². The predicted molar refractivity (Wildman–Crippen MR) is 71.4 cm³/mol. The van der Waals surface area contributed by atoms with Gasteiger partial charge in [-0.3, -0.25) is 0 Å². The molecule has 0 saturated carbocycles. The SMILES string of the molecule is O=S1(=O)[N-]C(O)(c2ccccc2)c2cccc(Cl)c21.[Na+]. The Bertz CT molecular complexity index is 751. The van der Waals surface area contributed by atoms with Gasteiger partial charge in [-0.2, -0.15) is 0 Å². The van der Waals surface area contributed by atoms with Gasteiger partial charge in [0.1, 0.15) is 10.0 Å². The molecule has 1 aliphatic rings. The fraction of sp³-hybridized carbons (Fsp3) is 0.0769. The Morgan fingerprint density at radius 2 is 1.70 bits per heavy atom. The summed E-state index contributed by atoms with van der Waals surface area (Å²) < 4.78 is 27.7. The minimum absolute atomic E-state index is 0. The zero-order chi connectivity index (χ0) is 13.7. The number of aliphatic hydroxyl groups is 1. The molecule has 0 radical (unpaired) electrons. The van der Waals surface area contributed by atoms with E-state index in [0.29, 0.717) is 5.56 Å². The molecule has 7 heteroatoms. The molecule has 1 N–H and O–H groups in total. The van der Waals surface area contributed by atoms with Crippen LogP contribution in [-0.2, 0) is 15.7 Å². The van der Waals surface area contributed by atoms with Crippen LogP contribution in [0.25, 0.3) is 4.72 Å². The van der Waals surface area contributed by atoms with Gasteiger partial charge in [0.25, 0.3) is 0 Å².